The molecule has 5 heteroatoms. The van der Waals surface area contributed by atoms with Gasteiger partial charge in [0.15, 0.2) is 0 Å². The quantitative estimate of drug-likeness (QED) is 0.364. The van der Waals surface area contributed by atoms with Gasteiger partial charge < -0.3 is 17.5 Å². The molecule has 4 N–H and O–H groups in total. The van der Waals surface area contributed by atoms with Crippen LogP contribution in [0.1, 0.15) is 39.0 Å². The number of carboxylic acid groups (broad SMARTS) is 1. The second kappa shape index (κ2) is 9.77. The topological polar surface area (TPSA) is 74.2 Å². The highest BCUT2D eigenvalue weighted by Crippen LogP contribution is 2.06. The maximum atomic E-state index is 10.4. The minimum absolute atomic E-state index is 0. The Bertz CT molecular complexity index is 133. The van der Waals surface area contributed by atoms with E-state index >= 15 is 0 Å². The van der Waals surface area contributed by atoms with E-state index in [9.17, 15) is 4.79 Å². The van der Waals surface area contributed by atoms with Crippen molar-refractivity contribution in [1.29, 1.82) is 0 Å². The zero-order valence-corrected chi connectivity index (χ0v) is 8.72. The third-order valence-corrected chi connectivity index (χ3v) is 1.80. The lowest BCUT2D eigenvalue weighted by Gasteiger charge is -2.05. The molecule has 0 saturated carbocycles. The van der Waals surface area contributed by atoms with Crippen molar-refractivity contribution in [3.63, 3.8) is 0 Å². The number of rotatable bonds is 7. The summed E-state index contributed by atoms with van der Waals surface area (Å²) in [5.74, 6) is 2.21. The Kier molecular flexibility index (Phi) is 11.4. The van der Waals surface area contributed by atoms with E-state index in [2.05, 4.69) is 17.7 Å². The maximum Gasteiger partial charge on any atom is 0.339 e. The van der Waals surface area contributed by atoms with Gasteiger partial charge >= 0.3 is 5.97 Å². The molecule has 80 valence electrons. The SMILES string of the molecule is CCCCCCC(O[NH3+])C(=O)O.[Cl-]. The summed E-state index contributed by atoms with van der Waals surface area (Å²) < 4.78 is 0. The van der Waals surface area contributed by atoms with Crippen LogP contribution in [0.25, 0.3) is 0 Å². The van der Waals surface area contributed by atoms with Crippen molar-refractivity contribution in [2.24, 2.45) is 0 Å². The molecular formula is C8H18ClNO3. The fourth-order valence-corrected chi connectivity index (χ4v) is 1.03. The summed E-state index contributed by atoms with van der Waals surface area (Å²) in [6.45, 7) is 2.12. The van der Waals surface area contributed by atoms with Crippen molar-refractivity contribution < 1.29 is 33.0 Å². The molecule has 0 aliphatic carbocycles. The average molecular weight is 212 g/mol. The van der Waals surface area contributed by atoms with Gasteiger partial charge in [0, 0.05) is 0 Å². The number of carbonyl (C=O) groups is 1. The van der Waals surface area contributed by atoms with Crippen LogP contribution in [0.5, 0.6) is 0 Å². The van der Waals surface area contributed by atoms with Gasteiger partial charge in [0.2, 0.25) is 6.10 Å². The molecule has 0 aromatic rings. The van der Waals surface area contributed by atoms with Crippen LogP contribution in [-0.4, -0.2) is 17.2 Å². The smallest absolute Gasteiger partial charge is 0.339 e. The summed E-state index contributed by atoms with van der Waals surface area (Å²) >= 11 is 0. The Hall–Kier alpha value is -0.320. The second-order valence-electron chi connectivity index (χ2n) is 2.84. The number of unbranched alkanes of at least 4 members (excludes halogenated alkanes) is 3. The molecule has 0 spiro atoms. The number of hydrogen-bond acceptors (Lipinski definition) is 2. The number of halogens is 1. The van der Waals surface area contributed by atoms with Gasteiger partial charge in [-0.2, -0.15) is 4.84 Å². The Morgan fingerprint density at radius 2 is 2.08 bits per heavy atom. The summed E-state index contributed by atoms with van der Waals surface area (Å²) in [6, 6.07) is 0. The minimum atomic E-state index is -0.915. The molecule has 0 aromatic heterocycles. The van der Waals surface area contributed by atoms with Gasteiger partial charge in [0.05, 0.1) is 0 Å². The third kappa shape index (κ3) is 8.02. The van der Waals surface area contributed by atoms with Crippen molar-refractivity contribution in [3.8, 4) is 0 Å². The molecular weight excluding hydrogens is 194 g/mol. The first kappa shape index (κ1) is 15.2. The van der Waals surface area contributed by atoms with Crippen LogP contribution in [0.15, 0.2) is 0 Å². The number of carboxylic acids is 1. The summed E-state index contributed by atoms with van der Waals surface area (Å²) in [5.41, 5.74) is 0. The van der Waals surface area contributed by atoms with Gasteiger partial charge in [0.1, 0.15) is 0 Å². The molecule has 0 radical (unpaired) electrons. The molecule has 0 bridgehead atoms. The Morgan fingerprint density at radius 3 is 2.46 bits per heavy atom. The van der Waals surface area contributed by atoms with E-state index in [1.54, 1.807) is 0 Å². The average Bonchev–Trinajstić information content (AvgIpc) is 2.04. The lowest BCUT2D eigenvalue weighted by molar-refractivity contribution is -0.698. The van der Waals surface area contributed by atoms with E-state index in [-0.39, 0.29) is 12.4 Å². The zero-order chi connectivity index (χ0) is 9.40. The highest BCUT2D eigenvalue weighted by Gasteiger charge is 2.18. The molecule has 13 heavy (non-hydrogen) atoms. The molecule has 0 saturated heterocycles. The summed E-state index contributed by atoms with van der Waals surface area (Å²) in [7, 11) is 0. The number of aliphatic carboxylic acids is 1. The van der Waals surface area contributed by atoms with Crippen molar-refractivity contribution >= 4 is 5.97 Å². The van der Waals surface area contributed by atoms with Crippen molar-refractivity contribution in [1.82, 2.24) is 0 Å². The van der Waals surface area contributed by atoms with Gasteiger partial charge in [-0.3, -0.25) is 0 Å². The van der Waals surface area contributed by atoms with Crippen LogP contribution in [0.2, 0.25) is 0 Å². The molecule has 0 rings (SSSR count). The predicted molar refractivity (Wildman–Crippen MR) is 44.2 cm³/mol. The van der Waals surface area contributed by atoms with E-state index in [4.69, 9.17) is 5.11 Å². The minimum Gasteiger partial charge on any atom is -1.00 e. The fourth-order valence-electron chi connectivity index (χ4n) is 1.03. The summed E-state index contributed by atoms with van der Waals surface area (Å²) in [6.07, 6.45) is 4.14. The first-order chi connectivity index (χ1) is 5.72. The lowest BCUT2D eigenvalue weighted by atomic mass is 10.1. The largest absolute Gasteiger partial charge is 1.00 e. The molecule has 1 unspecified atom stereocenters. The standard InChI is InChI=1S/C8H17NO3.ClH/c1-2-3-4-5-6-7(12-9)8(10)11;/h7H,2-6H2,1,9H3;1H. The van der Waals surface area contributed by atoms with E-state index in [0.717, 1.165) is 25.7 Å². The molecule has 0 aliphatic heterocycles. The van der Waals surface area contributed by atoms with Crippen LogP contribution in [-0.2, 0) is 9.63 Å². The van der Waals surface area contributed by atoms with Crippen LogP contribution in [0.4, 0.5) is 0 Å². The van der Waals surface area contributed by atoms with E-state index < -0.39 is 12.1 Å². The second-order valence-corrected chi connectivity index (χ2v) is 2.84. The van der Waals surface area contributed by atoms with Gasteiger partial charge in [0.25, 0.3) is 0 Å². The number of hydrogen-bond donors (Lipinski definition) is 2. The molecule has 4 nitrogen and oxygen atoms in total. The Labute approximate surface area is 84.8 Å². The van der Waals surface area contributed by atoms with Crippen LogP contribution in [0, 0.1) is 0 Å². The normalized spacial score (nSPS) is 11.8. The maximum absolute atomic E-state index is 10.4. The van der Waals surface area contributed by atoms with Crippen LogP contribution < -0.4 is 18.3 Å². The van der Waals surface area contributed by atoms with Crippen LogP contribution >= 0.6 is 0 Å². The zero-order valence-electron chi connectivity index (χ0n) is 7.96. The molecule has 0 aromatic carbocycles. The summed E-state index contributed by atoms with van der Waals surface area (Å²) in [4.78, 5) is 15.0. The van der Waals surface area contributed by atoms with E-state index in [1.807, 2.05) is 0 Å². The fraction of sp³-hybridized carbons (Fsp3) is 0.875. The monoisotopic (exact) mass is 211 g/mol. The first-order valence-corrected chi connectivity index (χ1v) is 4.36. The molecule has 1 atom stereocenters. The predicted octanol–water partition coefficient (Wildman–Crippen LogP) is -2.41. The summed E-state index contributed by atoms with van der Waals surface area (Å²) in [5, 5.41) is 8.56. The van der Waals surface area contributed by atoms with E-state index in [1.165, 1.54) is 0 Å². The molecule has 0 aliphatic rings. The van der Waals surface area contributed by atoms with Crippen LogP contribution in [0.3, 0.4) is 0 Å². The first-order valence-electron chi connectivity index (χ1n) is 4.36. The third-order valence-electron chi connectivity index (χ3n) is 1.80. The van der Waals surface area contributed by atoms with Gasteiger partial charge in [-0.25, -0.2) is 10.7 Å². The molecule has 0 heterocycles. The van der Waals surface area contributed by atoms with Gasteiger partial charge in [-0.15, -0.1) is 0 Å². The van der Waals surface area contributed by atoms with E-state index in [0.29, 0.717) is 6.42 Å². The Morgan fingerprint density at radius 1 is 1.46 bits per heavy atom. The van der Waals surface area contributed by atoms with Gasteiger partial charge in [-0.1, -0.05) is 26.2 Å². The highest BCUT2D eigenvalue weighted by molar-refractivity contribution is 5.72. The van der Waals surface area contributed by atoms with Crippen molar-refractivity contribution in [2.45, 2.75) is 45.1 Å². The van der Waals surface area contributed by atoms with Crippen molar-refractivity contribution in [2.75, 3.05) is 0 Å². The molecule has 0 amide bonds. The van der Waals surface area contributed by atoms with Crippen molar-refractivity contribution in [3.05, 3.63) is 0 Å². The highest BCUT2D eigenvalue weighted by atomic mass is 35.5. The lowest BCUT2D eigenvalue weighted by Crippen LogP contribution is -3.00. The van der Waals surface area contributed by atoms with Gasteiger partial charge in [-0.05, 0) is 12.8 Å². The molecule has 0 fully saturated rings. The number of quaternary nitrogens is 1. The Balaban J connectivity index is 0.